The number of aliphatic hydroxyl groups is 1. The second-order valence-electron chi connectivity index (χ2n) is 4.56. The number of benzene rings is 1. The summed E-state index contributed by atoms with van der Waals surface area (Å²) in [7, 11) is 0. The van der Waals surface area contributed by atoms with E-state index in [4.69, 9.17) is 5.26 Å². The Kier molecular flexibility index (Phi) is 2.66. The second-order valence-corrected chi connectivity index (χ2v) is 4.56. The molecule has 1 aromatic carbocycles. The highest BCUT2D eigenvalue weighted by molar-refractivity contribution is 5.33. The Morgan fingerprint density at radius 1 is 1.56 bits per heavy atom. The Morgan fingerprint density at radius 2 is 2.25 bits per heavy atom. The van der Waals surface area contributed by atoms with Gasteiger partial charge in [0.15, 0.2) is 0 Å². The monoisotopic (exact) mass is 220 g/mol. The lowest BCUT2D eigenvalue weighted by atomic mass is 9.96. The molecule has 0 spiro atoms. The van der Waals surface area contributed by atoms with Crippen LogP contribution in [0.4, 0.5) is 4.39 Å². The number of hydrogen-bond acceptors (Lipinski definition) is 3. The third-order valence-electron chi connectivity index (χ3n) is 2.70. The van der Waals surface area contributed by atoms with Gasteiger partial charge in [0.2, 0.25) is 0 Å². The van der Waals surface area contributed by atoms with Crippen molar-refractivity contribution < 1.29 is 9.50 Å². The second kappa shape index (κ2) is 3.85. The summed E-state index contributed by atoms with van der Waals surface area (Å²) in [6.07, 6.45) is 0. The average molecular weight is 220 g/mol. The number of nitriles is 1. The van der Waals surface area contributed by atoms with Crippen LogP contribution in [0.5, 0.6) is 0 Å². The fourth-order valence-electron chi connectivity index (χ4n) is 2.04. The van der Waals surface area contributed by atoms with E-state index in [2.05, 4.69) is 0 Å². The van der Waals surface area contributed by atoms with E-state index in [1.54, 1.807) is 13.0 Å². The van der Waals surface area contributed by atoms with E-state index in [9.17, 15) is 9.50 Å². The Balaban J connectivity index is 2.08. The van der Waals surface area contributed by atoms with Gasteiger partial charge in [0.05, 0.1) is 17.2 Å². The van der Waals surface area contributed by atoms with Crippen LogP contribution >= 0.6 is 0 Å². The number of hydrogen-bond donors (Lipinski definition) is 1. The molecule has 0 aliphatic carbocycles. The molecule has 0 radical (unpaired) electrons. The maximum absolute atomic E-state index is 13.4. The van der Waals surface area contributed by atoms with E-state index in [1.807, 2.05) is 11.0 Å². The number of nitrogens with zero attached hydrogens (tertiary/aromatic N) is 2. The minimum absolute atomic E-state index is 0.300. The molecule has 4 heteroatoms. The Hall–Kier alpha value is -1.44. The SMILES string of the molecule is CC1(O)CN(Cc2cc(C#N)ccc2F)C1. The molecule has 2 rings (SSSR count). The van der Waals surface area contributed by atoms with Crippen LogP contribution in [0.1, 0.15) is 18.1 Å². The maximum atomic E-state index is 13.4. The third-order valence-corrected chi connectivity index (χ3v) is 2.70. The number of halogens is 1. The normalized spacial score (nSPS) is 18.9. The van der Waals surface area contributed by atoms with Crippen molar-refractivity contribution in [2.75, 3.05) is 13.1 Å². The van der Waals surface area contributed by atoms with E-state index in [1.165, 1.54) is 12.1 Å². The van der Waals surface area contributed by atoms with Crippen molar-refractivity contribution >= 4 is 0 Å². The van der Waals surface area contributed by atoms with Gasteiger partial charge < -0.3 is 5.11 Å². The van der Waals surface area contributed by atoms with Crippen molar-refractivity contribution in [3.8, 4) is 6.07 Å². The predicted octanol–water partition coefficient (Wildman–Crippen LogP) is 1.26. The van der Waals surface area contributed by atoms with Crippen LogP contribution in [-0.4, -0.2) is 28.7 Å². The highest BCUT2D eigenvalue weighted by Crippen LogP contribution is 2.23. The summed E-state index contributed by atoms with van der Waals surface area (Å²) in [6.45, 7) is 3.29. The molecule has 1 fully saturated rings. The van der Waals surface area contributed by atoms with Gasteiger partial charge in [-0.2, -0.15) is 5.26 Å². The van der Waals surface area contributed by atoms with Crippen LogP contribution < -0.4 is 0 Å². The van der Waals surface area contributed by atoms with Gasteiger partial charge in [0, 0.05) is 25.2 Å². The van der Waals surface area contributed by atoms with Gasteiger partial charge in [-0.15, -0.1) is 0 Å². The average Bonchev–Trinajstić information content (AvgIpc) is 2.18. The van der Waals surface area contributed by atoms with Crippen LogP contribution in [0, 0.1) is 17.1 Å². The van der Waals surface area contributed by atoms with Crippen molar-refractivity contribution in [1.82, 2.24) is 4.90 Å². The van der Waals surface area contributed by atoms with Crippen molar-refractivity contribution in [3.63, 3.8) is 0 Å². The minimum Gasteiger partial charge on any atom is -0.388 e. The minimum atomic E-state index is -0.649. The fraction of sp³-hybridized carbons (Fsp3) is 0.417. The first-order valence-corrected chi connectivity index (χ1v) is 5.13. The van der Waals surface area contributed by atoms with Gasteiger partial charge in [-0.3, -0.25) is 4.90 Å². The van der Waals surface area contributed by atoms with Gasteiger partial charge in [0.25, 0.3) is 0 Å². The van der Waals surface area contributed by atoms with Gasteiger partial charge in [-0.25, -0.2) is 4.39 Å². The Bertz CT molecular complexity index is 443. The van der Waals surface area contributed by atoms with Crippen molar-refractivity contribution in [2.45, 2.75) is 19.1 Å². The van der Waals surface area contributed by atoms with E-state index in [0.717, 1.165) is 0 Å². The van der Waals surface area contributed by atoms with Crippen LogP contribution in [0.15, 0.2) is 18.2 Å². The van der Waals surface area contributed by atoms with E-state index in [0.29, 0.717) is 30.8 Å². The molecule has 0 atom stereocenters. The molecule has 1 aromatic rings. The standard InChI is InChI=1S/C12H13FN2O/c1-12(16)7-15(8-12)6-10-4-9(5-14)2-3-11(10)13/h2-4,16H,6-8H2,1H3. The molecule has 0 unspecified atom stereocenters. The molecule has 1 saturated heterocycles. The summed E-state index contributed by atoms with van der Waals surface area (Å²) < 4.78 is 13.4. The Morgan fingerprint density at radius 3 is 2.81 bits per heavy atom. The molecule has 0 aromatic heterocycles. The van der Waals surface area contributed by atoms with Crippen LogP contribution in [0.3, 0.4) is 0 Å². The van der Waals surface area contributed by atoms with E-state index < -0.39 is 5.60 Å². The molecule has 0 bridgehead atoms. The third kappa shape index (κ3) is 2.21. The fourth-order valence-corrected chi connectivity index (χ4v) is 2.04. The number of β-amino-alcohol motifs (C(OH)–C–C–N with tert-alkyl or cyclic N) is 1. The summed E-state index contributed by atoms with van der Waals surface area (Å²) in [5, 5.41) is 18.3. The van der Waals surface area contributed by atoms with Crippen LogP contribution in [0.2, 0.25) is 0 Å². The molecule has 1 aliphatic rings. The maximum Gasteiger partial charge on any atom is 0.127 e. The number of rotatable bonds is 2. The molecule has 3 nitrogen and oxygen atoms in total. The zero-order chi connectivity index (χ0) is 11.8. The van der Waals surface area contributed by atoms with Gasteiger partial charge in [-0.1, -0.05) is 0 Å². The lowest BCUT2D eigenvalue weighted by molar-refractivity contribution is -0.0874. The molecule has 84 valence electrons. The molecular formula is C12H13FN2O. The molecule has 1 heterocycles. The molecule has 0 amide bonds. The van der Waals surface area contributed by atoms with Crippen molar-refractivity contribution in [1.29, 1.82) is 5.26 Å². The smallest absolute Gasteiger partial charge is 0.127 e. The first-order chi connectivity index (χ1) is 7.50. The summed E-state index contributed by atoms with van der Waals surface area (Å²) in [4.78, 5) is 1.94. The van der Waals surface area contributed by atoms with Crippen LogP contribution in [0.25, 0.3) is 0 Å². The zero-order valence-electron chi connectivity index (χ0n) is 9.07. The van der Waals surface area contributed by atoms with Gasteiger partial charge in [0.1, 0.15) is 5.82 Å². The quantitative estimate of drug-likeness (QED) is 0.816. The molecule has 1 N–H and O–H groups in total. The predicted molar refractivity (Wildman–Crippen MR) is 57.0 cm³/mol. The highest BCUT2D eigenvalue weighted by atomic mass is 19.1. The van der Waals surface area contributed by atoms with Crippen LogP contribution in [-0.2, 0) is 6.54 Å². The van der Waals surface area contributed by atoms with E-state index >= 15 is 0 Å². The largest absolute Gasteiger partial charge is 0.388 e. The summed E-state index contributed by atoms with van der Waals surface area (Å²) in [6, 6.07) is 6.32. The first kappa shape index (κ1) is 11.1. The molecular weight excluding hydrogens is 207 g/mol. The summed E-state index contributed by atoms with van der Waals surface area (Å²) >= 11 is 0. The van der Waals surface area contributed by atoms with Gasteiger partial charge in [-0.05, 0) is 25.1 Å². The first-order valence-electron chi connectivity index (χ1n) is 5.13. The Labute approximate surface area is 93.7 Å². The zero-order valence-corrected chi connectivity index (χ0v) is 9.07. The van der Waals surface area contributed by atoms with Gasteiger partial charge >= 0.3 is 0 Å². The summed E-state index contributed by atoms with van der Waals surface area (Å²) in [5.74, 6) is -0.300. The van der Waals surface area contributed by atoms with Crippen molar-refractivity contribution in [2.24, 2.45) is 0 Å². The molecule has 0 saturated carbocycles. The van der Waals surface area contributed by atoms with E-state index in [-0.39, 0.29) is 5.82 Å². The van der Waals surface area contributed by atoms with Crippen molar-refractivity contribution in [3.05, 3.63) is 35.1 Å². The lowest BCUT2D eigenvalue weighted by Gasteiger charge is -2.44. The summed E-state index contributed by atoms with van der Waals surface area (Å²) in [5.41, 5.74) is 0.321. The lowest BCUT2D eigenvalue weighted by Crippen LogP contribution is -2.59. The molecule has 16 heavy (non-hydrogen) atoms. The molecule has 1 aliphatic heterocycles. The number of likely N-dealkylation sites (tertiary alicyclic amines) is 1. The highest BCUT2D eigenvalue weighted by Gasteiger charge is 2.36. The topological polar surface area (TPSA) is 47.3 Å².